The molecule has 0 aliphatic heterocycles. The zero-order valence-corrected chi connectivity index (χ0v) is 17.9. The lowest BCUT2D eigenvalue weighted by Gasteiger charge is -2.08. The number of furan rings is 1. The zero-order chi connectivity index (χ0) is 22.6. The number of para-hydroxylation sites is 1. The second kappa shape index (κ2) is 9.01. The lowest BCUT2D eigenvalue weighted by atomic mass is 10.0. The second-order valence-electron chi connectivity index (χ2n) is 7.89. The Morgan fingerprint density at radius 1 is 0.818 bits per heavy atom. The average Bonchev–Trinajstić information content (AvgIpc) is 3.27. The van der Waals surface area contributed by atoms with Crippen LogP contribution in [0, 0.1) is 0 Å². The highest BCUT2D eigenvalue weighted by atomic mass is 16.3. The van der Waals surface area contributed by atoms with Crippen molar-refractivity contribution >= 4 is 39.2 Å². The molecule has 0 saturated carbocycles. The van der Waals surface area contributed by atoms with Gasteiger partial charge in [-0.1, -0.05) is 60.7 Å². The van der Waals surface area contributed by atoms with E-state index in [1.54, 1.807) is 18.4 Å². The summed E-state index contributed by atoms with van der Waals surface area (Å²) in [6.45, 7) is 0.335. The number of benzene rings is 4. The maximum Gasteiger partial charge on any atom is 0.255 e. The number of hydrogen-bond acceptors (Lipinski definition) is 3. The van der Waals surface area contributed by atoms with Crippen molar-refractivity contribution in [2.24, 2.45) is 0 Å². The van der Waals surface area contributed by atoms with Crippen LogP contribution < -0.4 is 10.6 Å². The lowest BCUT2D eigenvalue weighted by Crippen LogP contribution is -2.24. The molecule has 0 unspecified atom stereocenters. The van der Waals surface area contributed by atoms with Gasteiger partial charge in [-0.3, -0.25) is 9.59 Å². The molecule has 162 valence electrons. The van der Waals surface area contributed by atoms with Gasteiger partial charge in [-0.15, -0.1) is 0 Å². The van der Waals surface area contributed by atoms with Crippen LogP contribution in [0.25, 0.3) is 21.7 Å². The van der Waals surface area contributed by atoms with Gasteiger partial charge in [-0.2, -0.15) is 0 Å². The van der Waals surface area contributed by atoms with E-state index in [9.17, 15) is 9.59 Å². The number of anilines is 1. The van der Waals surface area contributed by atoms with E-state index in [1.807, 2.05) is 78.9 Å². The van der Waals surface area contributed by atoms with Crippen molar-refractivity contribution in [2.75, 3.05) is 5.32 Å². The van der Waals surface area contributed by atoms with E-state index in [1.165, 1.54) is 0 Å². The first-order valence-corrected chi connectivity index (χ1v) is 10.8. The van der Waals surface area contributed by atoms with Crippen LogP contribution in [0.3, 0.4) is 0 Å². The number of nitrogens with one attached hydrogen (secondary N) is 2. The van der Waals surface area contributed by atoms with E-state index < -0.39 is 0 Å². The first kappa shape index (κ1) is 20.5. The monoisotopic (exact) mass is 434 g/mol. The molecule has 1 aromatic heterocycles. The molecule has 5 heteroatoms. The van der Waals surface area contributed by atoms with Crippen LogP contribution in [-0.2, 0) is 17.8 Å². The first-order valence-electron chi connectivity index (χ1n) is 10.8. The fourth-order valence-electron chi connectivity index (χ4n) is 3.99. The van der Waals surface area contributed by atoms with Gasteiger partial charge in [-0.05, 0) is 46.7 Å². The van der Waals surface area contributed by atoms with Gasteiger partial charge in [0.15, 0.2) is 0 Å². The molecule has 4 aromatic carbocycles. The molecular formula is C28H22N2O3. The number of carbonyl (C=O) groups excluding carboxylic acids is 2. The van der Waals surface area contributed by atoms with E-state index in [4.69, 9.17) is 4.42 Å². The van der Waals surface area contributed by atoms with Gasteiger partial charge in [0.05, 0.1) is 12.7 Å². The molecule has 0 saturated heterocycles. The molecule has 5 aromatic rings. The van der Waals surface area contributed by atoms with Gasteiger partial charge in [0.1, 0.15) is 5.58 Å². The van der Waals surface area contributed by atoms with E-state index >= 15 is 0 Å². The largest absolute Gasteiger partial charge is 0.464 e. The molecule has 1 heterocycles. The quantitative estimate of drug-likeness (QED) is 0.360. The molecule has 5 rings (SSSR count). The summed E-state index contributed by atoms with van der Waals surface area (Å²) < 4.78 is 5.69. The van der Waals surface area contributed by atoms with E-state index in [2.05, 4.69) is 10.6 Å². The molecule has 0 aliphatic rings. The minimum Gasteiger partial charge on any atom is -0.464 e. The van der Waals surface area contributed by atoms with Crippen LogP contribution in [0.1, 0.15) is 21.5 Å². The smallest absolute Gasteiger partial charge is 0.255 e. The average molecular weight is 434 g/mol. The highest BCUT2D eigenvalue weighted by Gasteiger charge is 2.13. The Balaban J connectivity index is 1.26. The van der Waals surface area contributed by atoms with Crippen LogP contribution >= 0.6 is 0 Å². The molecule has 0 aliphatic carbocycles. The molecular weight excluding hydrogens is 412 g/mol. The molecule has 33 heavy (non-hydrogen) atoms. The van der Waals surface area contributed by atoms with Gasteiger partial charge in [0.25, 0.3) is 5.91 Å². The minimum absolute atomic E-state index is 0.107. The fraction of sp³-hybridized carbons (Fsp3) is 0.0714. The highest BCUT2D eigenvalue weighted by Crippen LogP contribution is 2.30. The third-order valence-corrected chi connectivity index (χ3v) is 5.60. The van der Waals surface area contributed by atoms with Gasteiger partial charge in [-0.25, -0.2) is 0 Å². The maximum atomic E-state index is 12.7. The Labute approximate surface area is 191 Å². The molecule has 0 spiro atoms. The summed E-state index contributed by atoms with van der Waals surface area (Å²) in [5.41, 5.74) is 3.76. The van der Waals surface area contributed by atoms with Crippen molar-refractivity contribution in [3.05, 3.63) is 114 Å². The summed E-state index contributed by atoms with van der Waals surface area (Å²) in [5.74, 6) is -0.295. The summed E-state index contributed by atoms with van der Waals surface area (Å²) >= 11 is 0. The lowest BCUT2D eigenvalue weighted by molar-refractivity contribution is -0.120. The van der Waals surface area contributed by atoms with Crippen LogP contribution in [0.4, 0.5) is 5.69 Å². The summed E-state index contributed by atoms with van der Waals surface area (Å²) in [5, 5.41) is 8.99. The Morgan fingerprint density at radius 3 is 2.52 bits per heavy atom. The topological polar surface area (TPSA) is 71.3 Å². The Morgan fingerprint density at radius 2 is 1.64 bits per heavy atom. The van der Waals surface area contributed by atoms with Crippen molar-refractivity contribution in [3.8, 4) is 0 Å². The Kier molecular flexibility index (Phi) is 5.60. The second-order valence-corrected chi connectivity index (χ2v) is 7.89. The zero-order valence-electron chi connectivity index (χ0n) is 17.9. The summed E-state index contributed by atoms with van der Waals surface area (Å²) in [6, 6.07) is 28.6. The molecule has 2 N–H and O–H groups in total. The van der Waals surface area contributed by atoms with Crippen molar-refractivity contribution in [2.45, 2.75) is 13.0 Å². The molecule has 0 atom stereocenters. The SMILES string of the molecule is O=C(Cc1coc2ccc3ccccc3c12)NCc1cccc(C(=O)Nc2ccccc2)c1. The minimum atomic E-state index is -0.189. The Bertz CT molecular complexity index is 1450. The molecule has 5 nitrogen and oxygen atoms in total. The van der Waals surface area contributed by atoms with Crippen LogP contribution in [0.15, 0.2) is 102 Å². The summed E-state index contributed by atoms with van der Waals surface area (Å²) in [4.78, 5) is 25.2. The predicted molar refractivity (Wildman–Crippen MR) is 130 cm³/mol. The Hall–Kier alpha value is -4.38. The number of carbonyl (C=O) groups is 2. The summed E-state index contributed by atoms with van der Waals surface area (Å²) in [6.07, 6.45) is 1.88. The van der Waals surface area contributed by atoms with Gasteiger partial charge in [0, 0.05) is 28.7 Å². The molecule has 0 fully saturated rings. The fourth-order valence-corrected chi connectivity index (χ4v) is 3.99. The maximum absolute atomic E-state index is 12.7. The number of rotatable bonds is 6. The van der Waals surface area contributed by atoms with Crippen molar-refractivity contribution in [1.82, 2.24) is 5.32 Å². The van der Waals surface area contributed by atoms with Crippen LogP contribution in [0.2, 0.25) is 0 Å². The molecule has 0 radical (unpaired) electrons. The number of amides is 2. The summed E-state index contributed by atoms with van der Waals surface area (Å²) in [7, 11) is 0. The van der Waals surface area contributed by atoms with Gasteiger partial charge >= 0.3 is 0 Å². The number of hydrogen-bond donors (Lipinski definition) is 2. The standard InChI is InChI=1S/C28H22N2O3/c31-26(16-22-18-33-25-14-13-20-8-4-5-12-24(20)27(22)25)29-17-19-7-6-9-21(15-19)28(32)30-23-10-2-1-3-11-23/h1-15,18H,16-17H2,(H,29,31)(H,30,32). The third kappa shape index (κ3) is 4.48. The predicted octanol–water partition coefficient (Wildman–Crippen LogP) is 5.70. The molecule has 2 amide bonds. The van der Waals surface area contributed by atoms with Crippen molar-refractivity contribution < 1.29 is 14.0 Å². The first-order chi connectivity index (χ1) is 16.2. The highest BCUT2D eigenvalue weighted by molar-refractivity contribution is 6.08. The van der Waals surface area contributed by atoms with E-state index in [0.717, 1.165) is 38.6 Å². The van der Waals surface area contributed by atoms with Crippen molar-refractivity contribution in [1.29, 1.82) is 0 Å². The van der Waals surface area contributed by atoms with Gasteiger partial charge < -0.3 is 15.1 Å². The molecule has 0 bridgehead atoms. The normalized spacial score (nSPS) is 10.9. The third-order valence-electron chi connectivity index (χ3n) is 5.60. The van der Waals surface area contributed by atoms with E-state index in [0.29, 0.717) is 12.1 Å². The van der Waals surface area contributed by atoms with Crippen molar-refractivity contribution in [3.63, 3.8) is 0 Å². The van der Waals surface area contributed by atoms with Crippen LogP contribution in [0.5, 0.6) is 0 Å². The number of fused-ring (bicyclic) bond motifs is 3. The van der Waals surface area contributed by atoms with Crippen LogP contribution in [-0.4, -0.2) is 11.8 Å². The van der Waals surface area contributed by atoms with Gasteiger partial charge in [0.2, 0.25) is 5.91 Å². The van der Waals surface area contributed by atoms with E-state index in [-0.39, 0.29) is 18.2 Å².